The summed E-state index contributed by atoms with van der Waals surface area (Å²) in [6.45, 7) is 8.65. The van der Waals surface area contributed by atoms with Gasteiger partial charge >= 0.3 is 5.97 Å². The monoisotopic (exact) mass is 201 g/mol. The largest absolute Gasteiger partial charge is 0.481 e. The molecular weight excluding hydrogens is 178 g/mol. The summed E-state index contributed by atoms with van der Waals surface area (Å²) >= 11 is 0. The van der Waals surface area contributed by atoms with E-state index in [1.54, 1.807) is 0 Å². The van der Waals surface area contributed by atoms with Gasteiger partial charge in [0.15, 0.2) is 0 Å². The summed E-state index contributed by atoms with van der Waals surface area (Å²) in [5.41, 5.74) is 0. The maximum absolute atomic E-state index is 10.3. The molecule has 3 nitrogen and oxygen atoms in total. The van der Waals surface area contributed by atoms with Gasteiger partial charge in [0.2, 0.25) is 0 Å². The van der Waals surface area contributed by atoms with Gasteiger partial charge in [0.05, 0.1) is 0 Å². The zero-order valence-electron chi connectivity index (χ0n) is 9.62. The highest BCUT2D eigenvalue weighted by atomic mass is 16.4. The van der Waals surface area contributed by atoms with E-state index in [2.05, 4.69) is 25.7 Å². The number of carboxylic acids is 1. The van der Waals surface area contributed by atoms with Crippen molar-refractivity contribution >= 4 is 5.97 Å². The molecule has 0 heterocycles. The first-order valence-corrected chi connectivity index (χ1v) is 5.57. The van der Waals surface area contributed by atoms with Crippen molar-refractivity contribution in [3.63, 3.8) is 0 Å². The molecule has 0 aromatic heterocycles. The molecule has 0 fully saturated rings. The lowest BCUT2D eigenvalue weighted by Gasteiger charge is -2.26. The molecule has 0 rings (SSSR count). The van der Waals surface area contributed by atoms with Crippen LogP contribution in [0.1, 0.15) is 46.5 Å². The van der Waals surface area contributed by atoms with Gasteiger partial charge < -0.3 is 10.0 Å². The number of rotatable bonds is 8. The molecule has 0 radical (unpaired) electrons. The van der Waals surface area contributed by atoms with E-state index in [0.29, 0.717) is 12.5 Å². The molecule has 0 aliphatic rings. The van der Waals surface area contributed by atoms with Gasteiger partial charge in [0, 0.05) is 12.5 Å². The van der Waals surface area contributed by atoms with Crippen LogP contribution in [0, 0.1) is 0 Å². The van der Waals surface area contributed by atoms with Crippen molar-refractivity contribution in [3.8, 4) is 0 Å². The Kier molecular flexibility index (Phi) is 7.48. The lowest BCUT2D eigenvalue weighted by atomic mass is 10.2. The van der Waals surface area contributed by atoms with Crippen molar-refractivity contribution < 1.29 is 9.90 Å². The second kappa shape index (κ2) is 7.80. The number of nitrogens with zero attached hydrogens (tertiary/aromatic N) is 1. The van der Waals surface area contributed by atoms with Gasteiger partial charge in [-0.3, -0.25) is 4.79 Å². The standard InChI is InChI=1S/C11H23NO2/c1-4-10(3)12(5-2)9-7-6-8-11(13)14/h10H,4-9H2,1-3H3,(H,13,14). The highest BCUT2D eigenvalue weighted by molar-refractivity contribution is 5.66. The molecule has 1 atom stereocenters. The van der Waals surface area contributed by atoms with Crippen LogP contribution >= 0.6 is 0 Å². The highest BCUT2D eigenvalue weighted by Crippen LogP contribution is 2.05. The Hall–Kier alpha value is -0.570. The minimum absolute atomic E-state index is 0.304. The molecule has 0 saturated carbocycles. The molecule has 1 N–H and O–H groups in total. The van der Waals surface area contributed by atoms with E-state index in [1.807, 2.05) is 0 Å². The summed E-state index contributed by atoms with van der Waals surface area (Å²) in [7, 11) is 0. The summed E-state index contributed by atoms with van der Waals surface area (Å²) < 4.78 is 0. The van der Waals surface area contributed by atoms with E-state index in [4.69, 9.17) is 5.11 Å². The fourth-order valence-electron chi connectivity index (χ4n) is 1.54. The summed E-state index contributed by atoms with van der Waals surface area (Å²) in [6, 6.07) is 0.616. The van der Waals surface area contributed by atoms with Crippen molar-refractivity contribution in [3.05, 3.63) is 0 Å². The summed E-state index contributed by atoms with van der Waals surface area (Å²) in [5.74, 6) is -0.684. The maximum atomic E-state index is 10.3. The number of hydrogen-bond acceptors (Lipinski definition) is 2. The quantitative estimate of drug-likeness (QED) is 0.613. The highest BCUT2D eigenvalue weighted by Gasteiger charge is 2.09. The average Bonchev–Trinajstić information content (AvgIpc) is 2.16. The predicted octanol–water partition coefficient (Wildman–Crippen LogP) is 2.36. The third kappa shape index (κ3) is 5.97. The third-order valence-electron chi connectivity index (χ3n) is 2.71. The van der Waals surface area contributed by atoms with Crippen molar-refractivity contribution in [1.82, 2.24) is 4.90 Å². The van der Waals surface area contributed by atoms with E-state index < -0.39 is 5.97 Å². The van der Waals surface area contributed by atoms with Crippen molar-refractivity contribution in [1.29, 1.82) is 0 Å². The molecule has 0 saturated heterocycles. The van der Waals surface area contributed by atoms with Crippen LogP contribution in [0.3, 0.4) is 0 Å². The summed E-state index contributed by atoms with van der Waals surface area (Å²) in [4.78, 5) is 12.7. The Morgan fingerprint density at radius 3 is 2.43 bits per heavy atom. The number of carboxylic acid groups (broad SMARTS) is 1. The van der Waals surface area contributed by atoms with Crippen molar-refractivity contribution in [2.45, 2.75) is 52.5 Å². The van der Waals surface area contributed by atoms with E-state index >= 15 is 0 Å². The summed E-state index contributed by atoms with van der Waals surface area (Å²) in [5, 5.41) is 8.48. The number of unbranched alkanes of at least 4 members (excludes halogenated alkanes) is 1. The maximum Gasteiger partial charge on any atom is 0.303 e. The molecule has 84 valence electrons. The molecular formula is C11H23NO2. The Morgan fingerprint density at radius 2 is 2.00 bits per heavy atom. The van der Waals surface area contributed by atoms with Gasteiger partial charge in [-0.05, 0) is 39.3 Å². The molecule has 3 heteroatoms. The van der Waals surface area contributed by atoms with Crippen LogP contribution < -0.4 is 0 Å². The second-order valence-electron chi connectivity index (χ2n) is 3.74. The molecule has 1 unspecified atom stereocenters. The minimum atomic E-state index is -0.684. The van der Waals surface area contributed by atoms with Crippen LogP contribution in [0.5, 0.6) is 0 Å². The number of carbonyl (C=O) groups is 1. The molecule has 0 amide bonds. The van der Waals surface area contributed by atoms with Crippen LogP contribution in [0.15, 0.2) is 0 Å². The normalized spacial score (nSPS) is 13.1. The Labute approximate surface area is 87.1 Å². The minimum Gasteiger partial charge on any atom is -0.481 e. The Bertz CT molecular complexity index is 159. The predicted molar refractivity (Wildman–Crippen MR) is 58.5 cm³/mol. The van der Waals surface area contributed by atoms with E-state index in [-0.39, 0.29) is 0 Å². The van der Waals surface area contributed by atoms with Crippen LogP contribution in [0.4, 0.5) is 0 Å². The van der Waals surface area contributed by atoms with Gasteiger partial charge in [-0.2, -0.15) is 0 Å². The van der Waals surface area contributed by atoms with Gasteiger partial charge in [0.1, 0.15) is 0 Å². The zero-order chi connectivity index (χ0) is 11.0. The number of hydrogen-bond donors (Lipinski definition) is 1. The lowest BCUT2D eigenvalue weighted by molar-refractivity contribution is -0.137. The molecule has 0 aromatic carbocycles. The molecule has 0 aromatic rings. The fraction of sp³-hybridized carbons (Fsp3) is 0.909. The van der Waals surface area contributed by atoms with E-state index in [1.165, 1.54) is 0 Å². The van der Waals surface area contributed by atoms with Crippen LogP contribution in [0.25, 0.3) is 0 Å². The van der Waals surface area contributed by atoms with Crippen molar-refractivity contribution in [2.75, 3.05) is 13.1 Å². The van der Waals surface area contributed by atoms with Gasteiger partial charge in [-0.1, -0.05) is 13.8 Å². The SMILES string of the molecule is CCC(C)N(CC)CCCCC(=O)O. The molecule has 0 aliphatic heterocycles. The molecule has 0 aliphatic carbocycles. The second-order valence-corrected chi connectivity index (χ2v) is 3.74. The topological polar surface area (TPSA) is 40.5 Å². The van der Waals surface area contributed by atoms with Crippen LogP contribution in [-0.2, 0) is 4.79 Å². The first kappa shape index (κ1) is 13.4. The van der Waals surface area contributed by atoms with E-state index in [9.17, 15) is 4.79 Å². The molecule has 0 bridgehead atoms. The third-order valence-corrected chi connectivity index (χ3v) is 2.71. The first-order valence-electron chi connectivity index (χ1n) is 5.57. The van der Waals surface area contributed by atoms with Gasteiger partial charge in [-0.15, -0.1) is 0 Å². The summed E-state index contributed by atoms with van der Waals surface area (Å²) in [6.07, 6.45) is 3.25. The lowest BCUT2D eigenvalue weighted by Crippen LogP contribution is -2.33. The zero-order valence-corrected chi connectivity index (χ0v) is 9.62. The Balaban J connectivity index is 3.57. The number of aliphatic carboxylic acids is 1. The fourth-order valence-corrected chi connectivity index (χ4v) is 1.54. The molecule has 14 heavy (non-hydrogen) atoms. The molecule has 0 spiro atoms. The average molecular weight is 201 g/mol. The van der Waals surface area contributed by atoms with Gasteiger partial charge in [-0.25, -0.2) is 0 Å². The first-order chi connectivity index (χ1) is 6.61. The Morgan fingerprint density at radius 1 is 1.36 bits per heavy atom. The van der Waals surface area contributed by atoms with Crippen LogP contribution in [0.2, 0.25) is 0 Å². The van der Waals surface area contributed by atoms with Crippen LogP contribution in [-0.4, -0.2) is 35.1 Å². The van der Waals surface area contributed by atoms with Crippen molar-refractivity contribution in [2.24, 2.45) is 0 Å². The van der Waals surface area contributed by atoms with Gasteiger partial charge in [0.25, 0.3) is 0 Å². The smallest absolute Gasteiger partial charge is 0.303 e. The van der Waals surface area contributed by atoms with E-state index in [0.717, 1.165) is 32.4 Å².